The largest absolute Gasteiger partial charge is 0.504 e. The molecule has 7 heteroatoms. The molecule has 0 saturated carbocycles. The van der Waals surface area contributed by atoms with Crippen LogP contribution in [0.5, 0.6) is 11.5 Å². The third-order valence-electron chi connectivity index (χ3n) is 4.91. The summed E-state index contributed by atoms with van der Waals surface area (Å²) >= 11 is 0. The van der Waals surface area contributed by atoms with Crippen molar-refractivity contribution < 1.29 is 14.6 Å². The lowest BCUT2D eigenvalue weighted by Gasteiger charge is -2.41. The molecule has 1 aromatic carbocycles. The zero-order chi connectivity index (χ0) is 16.1. The summed E-state index contributed by atoms with van der Waals surface area (Å²) in [5.74, 6) is 1.42. The van der Waals surface area contributed by atoms with Gasteiger partial charge in [0.05, 0.1) is 6.61 Å². The molecule has 0 unspecified atom stereocenters. The lowest BCUT2D eigenvalue weighted by Crippen LogP contribution is -2.47. The molecule has 1 atom stereocenters. The summed E-state index contributed by atoms with van der Waals surface area (Å²) in [4.78, 5) is 2.51. The minimum absolute atomic E-state index is 0. The molecule has 0 radical (unpaired) electrons. The number of nitrogens with one attached hydrogen (secondary N) is 1. The van der Waals surface area contributed by atoms with Crippen LogP contribution in [0.2, 0.25) is 0 Å². The third-order valence-corrected chi connectivity index (χ3v) is 4.91. The van der Waals surface area contributed by atoms with Crippen LogP contribution in [0.3, 0.4) is 0 Å². The Bertz CT molecular complexity index is 489. The fourth-order valence-corrected chi connectivity index (χ4v) is 3.79. The van der Waals surface area contributed by atoms with Gasteiger partial charge in [-0.25, -0.2) is 0 Å². The molecule has 2 fully saturated rings. The Labute approximate surface area is 162 Å². The Hall–Kier alpha value is -0.720. The second-order valence-corrected chi connectivity index (χ2v) is 6.31. The van der Waals surface area contributed by atoms with E-state index in [4.69, 9.17) is 9.47 Å². The van der Waals surface area contributed by atoms with Crippen LogP contribution in [0.1, 0.15) is 31.4 Å². The lowest BCUT2D eigenvalue weighted by molar-refractivity contribution is 0.0205. The number of phenolic OH excluding ortho intramolecular Hbond substituents is 1. The van der Waals surface area contributed by atoms with Crippen molar-refractivity contribution >= 4 is 24.8 Å². The van der Waals surface area contributed by atoms with Gasteiger partial charge in [0.25, 0.3) is 0 Å². The number of aromatic hydroxyl groups is 1. The van der Waals surface area contributed by atoms with Crippen LogP contribution in [0.15, 0.2) is 18.2 Å². The molecule has 25 heavy (non-hydrogen) atoms. The van der Waals surface area contributed by atoms with Gasteiger partial charge in [-0.3, -0.25) is 4.90 Å². The molecule has 2 heterocycles. The molecule has 1 aromatic rings. The van der Waals surface area contributed by atoms with Crippen LogP contribution in [0, 0.1) is 5.92 Å². The van der Waals surface area contributed by atoms with Crippen molar-refractivity contribution in [1.29, 1.82) is 0 Å². The summed E-state index contributed by atoms with van der Waals surface area (Å²) in [7, 11) is 0. The van der Waals surface area contributed by atoms with Crippen LogP contribution < -0.4 is 10.1 Å². The molecule has 0 aromatic heterocycles. The Morgan fingerprint density at radius 3 is 2.56 bits per heavy atom. The monoisotopic (exact) mass is 392 g/mol. The molecule has 5 nitrogen and oxygen atoms in total. The van der Waals surface area contributed by atoms with Crippen molar-refractivity contribution in [3.8, 4) is 11.5 Å². The maximum atomic E-state index is 10.8. The Kier molecular flexibility index (Phi) is 9.90. The first-order chi connectivity index (χ1) is 11.3. The van der Waals surface area contributed by atoms with Gasteiger partial charge in [-0.2, -0.15) is 0 Å². The number of hydrogen-bond acceptors (Lipinski definition) is 5. The van der Waals surface area contributed by atoms with Crippen molar-refractivity contribution in [1.82, 2.24) is 10.2 Å². The summed E-state index contributed by atoms with van der Waals surface area (Å²) in [6.07, 6.45) is 2.10. The number of piperazine rings is 1. The SMILES string of the molecule is CCOc1cccc([C@@H](C2CCOCC2)N2CCNCC2)c1O.Cl.Cl. The topological polar surface area (TPSA) is 54.0 Å². The highest BCUT2D eigenvalue weighted by Gasteiger charge is 2.33. The van der Waals surface area contributed by atoms with E-state index in [0.29, 0.717) is 24.0 Å². The molecule has 2 saturated heterocycles. The fourth-order valence-electron chi connectivity index (χ4n) is 3.79. The normalized spacial score (nSPS) is 20.2. The van der Waals surface area contributed by atoms with Crippen LogP contribution in [0.4, 0.5) is 0 Å². The van der Waals surface area contributed by atoms with Crippen LogP contribution in [-0.4, -0.2) is 56.0 Å². The number of para-hydroxylation sites is 1. The van der Waals surface area contributed by atoms with Gasteiger partial charge in [0.15, 0.2) is 11.5 Å². The highest BCUT2D eigenvalue weighted by molar-refractivity contribution is 5.85. The van der Waals surface area contributed by atoms with Gasteiger partial charge in [-0.05, 0) is 31.7 Å². The molecular weight excluding hydrogens is 363 g/mol. The van der Waals surface area contributed by atoms with Gasteiger partial charge in [-0.1, -0.05) is 12.1 Å². The summed E-state index contributed by atoms with van der Waals surface area (Å²) in [5, 5.41) is 14.2. The van der Waals surface area contributed by atoms with Crippen molar-refractivity contribution in [3.63, 3.8) is 0 Å². The maximum absolute atomic E-state index is 10.8. The van der Waals surface area contributed by atoms with Crippen molar-refractivity contribution in [2.45, 2.75) is 25.8 Å². The van der Waals surface area contributed by atoms with E-state index in [-0.39, 0.29) is 30.9 Å². The van der Waals surface area contributed by atoms with Gasteiger partial charge in [0, 0.05) is 51.0 Å². The quantitative estimate of drug-likeness (QED) is 0.806. The molecule has 144 valence electrons. The third kappa shape index (κ3) is 5.38. The average molecular weight is 393 g/mol. The van der Waals surface area contributed by atoms with E-state index in [1.54, 1.807) is 0 Å². The summed E-state index contributed by atoms with van der Waals surface area (Å²) < 4.78 is 11.1. The van der Waals surface area contributed by atoms with Gasteiger partial charge < -0.3 is 19.9 Å². The van der Waals surface area contributed by atoms with Gasteiger partial charge in [-0.15, -0.1) is 24.8 Å². The van der Waals surface area contributed by atoms with Gasteiger partial charge >= 0.3 is 0 Å². The number of nitrogens with zero attached hydrogens (tertiary/aromatic N) is 1. The highest BCUT2D eigenvalue weighted by Crippen LogP contribution is 2.42. The molecule has 2 aliphatic rings. The van der Waals surface area contributed by atoms with Gasteiger partial charge in [0.1, 0.15) is 0 Å². The smallest absolute Gasteiger partial charge is 0.162 e. The number of phenols is 1. The van der Waals surface area contributed by atoms with Crippen LogP contribution >= 0.6 is 24.8 Å². The second-order valence-electron chi connectivity index (χ2n) is 6.31. The lowest BCUT2D eigenvalue weighted by atomic mass is 9.85. The number of hydrogen-bond donors (Lipinski definition) is 2. The number of rotatable bonds is 5. The van der Waals surface area contributed by atoms with E-state index in [1.807, 2.05) is 19.1 Å². The van der Waals surface area contributed by atoms with Crippen molar-refractivity contribution in [2.24, 2.45) is 5.92 Å². The first-order valence-corrected chi connectivity index (χ1v) is 8.78. The zero-order valence-electron chi connectivity index (χ0n) is 14.8. The van der Waals surface area contributed by atoms with Crippen molar-refractivity contribution in [2.75, 3.05) is 46.0 Å². The van der Waals surface area contributed by atoms with E-state index >= 15 is 0 Å². The first kappa shape index (κ1) is 22.3. The van der Waals surface area contributed by atoms with E-state index in [0.717, 1.165) is 57.8 Å². The fraction of sp³-hybridized carbons (Fsp3) is 0.667. The molecule has 0 aliphatic carbocycles. The number of halogens is 2. The van der Waals surface area contributed by atoms with E-state index in [2.05, 4.69) is 16.3 Å². The molecule has 2 N–H and O–H groups in total. The standard InChI is InChI=1S/C18H28N2O3.2ClH/c1-2-23-16-5-3-4-15(18(16)21)17(14-6-12-22-13-7-14)20-10-8-19-9-11-20;;/h3-5,14,17,19,21H,2,6-13H2,1H3;2*1H/t17-;;/m1../s1. The maximum Gasteiger partial charge on any atom is 0.162 e. The molecular formula is C18H30Cl2N2O3. The molecule has 0 bridgehead atoms. The summed E-state index contributed by atoms with van der Waals surface area (Å²) in [5.41, 5.74) is 1.00. The Balaban J connectivity index is 0.00000156. The van der Waals surface area contributed by atoms with E-state index in [1.165, 1.54) is 0 Å². The Morgan fingerprint density at radius 1 is 1.24 bits per heavy atom. The summed E-state index contributed by atoms with van der Waals surface area (Å²) in [6, 6.07) is 6.14. The molecule has 2 aliphatic heterocycles. The van der Waals surface area contributed by atoms with E-state index in [9.17, 15) is 5.11 Å². The first-order valence-electron chi connectivity index (χ1n) is 8.78. The van der Waals surface area contributed by atoms with Crippen LogP contribution in [0.25, 0.3) is 0 Å². The molecule has 0 spiro atoms. The summed E-state index contributed by atoms with van der Waals surface area (Å²) in [6.45, 7) is 8.18. The highest BCUT2D eigenvalue weighted by atomic mass is 35.5. The predicted octanol–water partition coefficient (Wildman–Crippen LogP) is 3.01. The van der Waals surface area contributed by atoms with Gasteiger partial charge in [0.2, 0.25) is 0 Å². The predicted molar refractivity (Wildman–Crippen MR) is 104 cm³/mol. The van der Waals surface area contributed by atoms with Crippen molar-refractivity contribution in [3.05, 3.63) is 23.8 Å². The van der Waals surface area contributed by atoms with Crippen LogP contribution in [-0.2, 0) is 4.74 Å². The minimum Gasteiger partial charge on any atom is -0.504 e. The molecule has 3 rings (SSSR count). The zero-order valence-corrected chi connectivity index (χ0v) is 16.4. The Morgan fingerprint density at radius 2 is 1.92 bits per heavy atom. The van der Waals surface area contributed by atoms with E-state index < -0.39 is 0 Å². The number of benzene rings is 1. The number of ether oxygens (including phenoxy) is 2. The average Bonchev–Trinajstić information content (AvgIpc) is 2.60. The minimum atomic E-state index is 0. The molecule has 0 amide bonds. The second kappa shape index (κ2) is 11.1.